The molecule has 0 radical (unpaired) electrons. The fourth-order valence-corrected chi connectivity index (χ4v) is 2.06. The van der Waals surface area contributed by atoms with E-state index in [1.54, 1.807) is 20.8 Å². The highest BCUT2D eigenvalue weighted by Gasteiger charge is 2.22. The zero-order valence-corrected chi connectivity index (χ0v) is 14.3. The average Bonchev–Trinajstić information content (AvgIpc) is 2.38. The summed E-state index contributed by atoms with van der Waals surface area (Å²) in [6, 6.07) is 1.44. The van der Waals surface area contributed by atoms with Gasteiger partial charge >= 0.3 is 6.09 Å². The smallest absolute Gasteiger partial charge is 0.407 e. The Hall–Kier alpha value is -1.38. The number of carbonyl (C=O) groups excluding carboxylic acids is 1. The summed E-state index contributed by atoms with van der Waals surface area (Å²) >= 11 is 3.18. The van der Waals surface area contributed by atoms with Crippen molar-refractivity contribution in [2.75, 3.05) is 6.54 Å². The number of rotatable bonds is 5. The molecule has 0 aromatic carbocycles. The second kappa shape index (κ2) is 7.75. The van der Waals surface area contributed by atoms with Crippen LogP contribution in [-0.2, 0) is 4.74 Å². The Labute approximate surface area is 136 Å². The highest BCUT2D eigenvalue weighted by molar-refractivity contribution is 9.10. The maximum absolute atomic E-state index is 11.6. The summed E-state index contributed by atoms with van der Waals surface area (Å²) in [6.07, 6.45) is -1.62. The van der Waals surface area contributed by atoms with Crippen molar-refractivity contribution in [2.24, 2.45) is 0 Å². The number of hydrogen-bond acceptors (Lipinski definition) is 5. The molecule has 0 aliphatic rings. The standard InChI is InChI=1S/C14H21BrN2O5/c1-14(2,3)22-13(21)16-5-4-10(18)11(19)9-6-8(15)7-17-12(9)20/h6-7,10-11,18-19H,4-5H2,1-3H3,(H,16,21)(H,17,20). The van der Waals surface area contributed by atoms with E-state index in [1.807, 2.05) is 0 Å². The third-order valence-electron chi connectivity index (χ3n) is 2.69. The minimum Gasteiger partial charge on any atom is -0.444 e. The molecule has 1 heterocycles. The minimum atomic E-state index is -1.35. The zero-order chi connectivity index (χ0) is 16.9. The summed E-state index contributed by atoms with van der Waals surface area (Å²) < 4.78 is 5.63. The Kier molecular flexibility index (Phi) is 6.58. The van der Waals surface area contributed by atoms with Crippen LogP contribution in [0.4, 0.5) is 4.79 Å². The number of halogens is 1. The lowest BCUT2D eigenvalue weighted by Gasteiger charge is -2.21. The van der Waals surface area contributed by atoms with Crippen LogP contribution in [0.3, 0.4) is 0 Å². The summed E-state index contributed by atoms with van der Waals surface area (Å²) in [4.78, 5) is 25.5. The predicted octanol–water partition coefficient (Wildman–Crippen LogP) is 1.45. The van der Waals surface area contributed by atoms with E-state index in [9.17, 15) is 19.8 Å². The third kappa shape index (κ3) is 6.17. The highest BCUT2D eigenvalue weighted by atomic mass is 79.9. The molecule has 0 saturated heterocycles. The molecule has 1 amide bonds. The van der Waals surface area contributed by atoms with Crippen molar-refractivity contribution in [3.05, 3.63) is 32.7 Å². The molecule has 4 N–H and O–H groups in total. The monoisotopic (exact) mass is 376 g/mol. The molecule has 1 rings (SSSR count). The van der Waals surface area contributed by atoms with Crippen LogP contribution in [0.25, 0.3) is 0 Å². The van der Waals surface area contributed by atoms with Crippen LogP contribution in [-0.4, -0.2) is 39.5 Å². The lowest BCUT2D eigenvalue weighted by molar-refractivity contribution is 0.0115. The van der Waals surface area contributed by atoms with Crippen molar-refractivity contribution in [2.45, 2.75) is 45.0 Å². The first-order valence-electron chi connectivity index (χ1n) is 6.81. The Balaban J connectivity index is 2.51. The van der Waals surface area contributed by atoms with Crippen molar-refractivity contribution in [1.29, 1.82) is 0 Å². The van der Waals surface area contributed by atoms with Crippen molar-refractivity contribution < 1.29 is 19.7 Å². The van der Waals surface area contributed by atoms with E-state index in [4.69, 9.17) is 4.74 Å². The van der Waals surface area contributed by atoms with Gasteiger partial charge in [0.2, 0.25) is 0 Å². The van der Waals surface area contributed by atoms with E-state index in [0.717, 1.165) is 0 Å². The van der Waals surface area contributed by atoms with Crippen LogP contribution >= 0.6 is 15.9 Å². The van der Waals surface area contributed by atoms with Gasteiger partial charge in [0.05, 0.1) is 6.10 Å². The van der Waals surface area contributed by atoms with Crippen molar-refractivity contribution in [1.82, 2.24) is 10.3 Å². The quantitative estimate of drug-likeness (QED) is 0.621. The molecule has 8 heteroatoms. The number of aromatic nitrogens is 1. The summed E-state index contributed by atoms with van der Waals surface area (Å²) in [5, 5.41) is 22.4. The topological polar surface area (TPSA) is 112 Å². The van der Waals surface area contributed by atoms with Gasteiger partial charge in [-0.2, -0.15) is 0 Å². The molecule has 22 heavy (non-hydrogen) atoms. The van der Waals surface area contributed by atoms with Gasteiger partial charge in [-0.05, 0) is 49.2 Å². The van der Waals surface area contributed by atoms with Crippen LogP contribution in [0, 0.1) is 0 Å². The molecule has 0 spiro atoms. The van der Waals surface area contributed by atoms with Crippen LogP contribution in [0.2, 0.25) is 0 Å². The van der Waals surface area contributed by atoms with Crippen LogP contribution < -0.4 is 10.9 Å². The molecule has 0 bridgehead atoms. The molecule has 1 aromatic rings. The Bertz CT molecular complexity index is 567. The van der Waals surface area contributed by atoms with Gasteiger partial charge in [-0.25, -0.2) is 4.79 Å². The SMILES string of the molecule is CC(C)(C)OC(=O)NCCC(O)C(O)c1cc(Br)c[nH]c1=O. The number of aliphatic hydroxyl groups is 2. The van der Waals surface area contributed by atoms with Crippen molar-refractivity contribution in [3.63, 3.8) is 0 Å². The summed E-state index contributed by atoms with van der Waals surface area (Å²) in [5.41, 5.74) is -1.03. The van der Waals surface area contributed by atoms with Gasteiger partial charge in [-0.15, -0.1) is 0 Å². The molecule has 0 fully saturated rings. The molecular weight excluding hydrogens is 356 g/mol. The fraction of sp³-hybridized carbons (Fsp3) is 0.571. The molecule has 0 aliphatic heterocycles. The average molecular weight is 377 g/mol. The Morgan fingerprint density at radius 1 is 1.45 bits per heavy atom. The van der Waals surface area contributed by atoms with Crippen molar-refractivity contribution in [3.8, 4) is 0 Å². The van der Waals surface area contributed by atoms with Crippen molar-refractivity contribution >= 4 is 22.0 Å². The van der Waals surface area contributed by atoms with Crippen LogP contribution in [0.1, 0.15) is 38.9 Å². The zero-order valence-electron chi connectivity index (χ0n) is 12.7. The third-order valence-corrected chi connectivity index (χ3v) is 3.15. The lowest BCUT2D eigenvalue weighted by Crippen LogP contribution is -2.35. The Morgan fingerprint density at radius 3 is 2.68 bits per heavy atom. The Morgan fingerprint density at radius 2 is 2.09 bits per heavy atom. The molecular formula is C14H21BrN2O5. The number of aliphatic hydroxyl groups excluding tert-OH is 2. The second-order valence-electron chi connectivity index (χ2n) is 5.83. The molecule has 0 aliphatic carbocycles. The van der Waals surface area contributed by atoms with Gasteiger partial charge in [-0.3, -0.25) is 4.79 Å². The normalized spacial score (nSPS) is 14.3. The second-order valence-corrected chi connectivity index (χ2v) is 6.75. The van der Waals surface area contributed by atoms with Gasteiger partial charge in [0.1, 0.15) is 11.7 Å². The number of ether oxygens (including phenoxy) is 1. The number of nitrogens with one attached hydrogen (secondary N) is 2. The first-order chi connectivity index (χ1) is 10.1. The number of pyridine rings is 1. The van der Waals surface area contributed by atoms with Crippen LogP contribution in [0.15, 0.2) is 21.5 Å². The molecule has 2 unspecified atom stereocenters. The number of alkyl carbamates (subject to hydrolysis) is 1. The highest BCUT2D eigenvalue weighted by Crippen LogP contribution is 2.18. The molecule has 124 valence electrons. The molecule has 7 nitrogen and oxygen atoms in total. The first-order valence-corrected chi connectivity index (χ1v) is 7.60. The summed E-state index contributed by atoms with van der Waals surface area (Å²) in [7, 11) is 0. The van der Waals surface area contributed by atoms with Gasteiger partial charge in [-0.1, -0.05) is 0 Å². The van der Waals surface area contributed by atoms with E-state index >= 15 is 0 Å². The van der Waals surface area contributed by atoms with Gasteiger partial charge in [0.15, 0.2) is 0 Å². The molecule has 2 atom stereocenters. The number of amides is 1. The number of carbonyl (C=O) groups is 1. The summed E-state index contributed by atoms with van der Waals surface area (Å²) in [6.45, 7) is 5.33. The van der Waals surface area contributed by atoms with E-state index in [1.165, 1.54) is 12.3 Å². The number of H-pyrrole nitrogens is 1. The van der Waals surface area contributed by atoms with Gasteiger partial charge in [0, 0.05) is 22.8 Å². The fourth-order valence-electron chi connectivity index (χ4n) is 1.69. The first kappa shape index (κ1) is 18.7. The largest absolute Gasteiger partial charge is 0.444 e. The van der Waals surface area contributed by atoms with E-state index < -0.39 is 29.5 Å². The number of aromatic amines is 1. The maximum atomic E-state index is 11.6. The van der Waals surface area contributed by atoms with Gasteiger partial charge < -0.3 is 25.3 Å². The van der Waals surface area contributed by atoms with Gasteiger partial charge in [0.25, 0.3) is 5.56 Å². The lowest BCUT2D eigenvalue weighted by atomic mass is 10.0. The van der Waals surface area contributed by atoms with E-state index in [0.29, 0.717) is 4.47 Å². The van der Waals surface area contributed by atoms with E-state index in [2.05, 4.69) is 26.2 Å². The van der Waals surface area contributed by atoms with Crippen LogP contribution in [0.5, 0.6) is 0 Å². The minimum absolute atomic E-state index is 0.0548. The summed E-state index contributed by atoms with van der Waals surface area (Å²) in [5.74, 6) is 0. The molecule has 0 saturated carbocycles. The maximum Gasteiger partial charge on any atom is 0.407 e. The molecule has 1 aromatic heterocycles. The van der Waals surface area contributed by atoms with E-state index in [-0.39, 0.29) is 18.5 Å². The predicted molar refractivity (Wildman–Crippen MR) is 84.6 cm³/mol. The number of hydrogen-bond donors (Lipinski definition) is 4.